The van der Waals surface area contributed by atoms with Crippen LogP contribution in [-0.4, -0.2) is 16.1 Å². The van der Waals surface area contributed by atoms with Gasteiger partial charge in [-0.2, -0.15) is 0 Å². The van der Waals surface area contributed by atoms with Gasteiger partial charge < -0.3 is 9.88 Å². The summed E-state index contributed by atoms with van der Waals surface area (Å²) in [6, 6.07) is 8.61. The predicted octanol–water partition coefficient (Wildman–Crippen LogP) is 2.99. The van der Waals surface area contributed by atoms with E-state index >= 15 is 0 Å². The van der Waals surface area contributed by atoms with Crippen LogP contribution in [0.4, 0.5) is 0 Å². The van der Waals surface area contributed by atoms with Crippen LogP contribution >= 0.6 is 0 Å². The molecule has 2 aromatic rings. The lowest BCUT2D eigenvalue weighted by atomic mass is 10.2. The van der Waals surface area contributed by atoms with Crippen LogP contribution in [0.3, 0.4) is 0 Å². The van der Waals surface area contributed by atoms with Crippen LogP contribution in [0.1, 0.15) is 37.6 Å². The maximum absolute atomic E-state index is 4.34. The molecule has 0 saturated carbocycles. The molecule has 1 atom stereocenters. The Morgan fingerprint density at radius 2 is 2.22 bits per heavy atom. The van der Waals surface area contributed by atoms with Crippen molar-refractivity contribution in [3.05, 3.63) is 54.1 Å². The Balaban J connectivity index is 1.98. The molecule has 18 heavy (non-hydrogen) atoms. The molecule has 0 bridgehead atoms. The molecule has 2 aromatic heterocycles. The summed E-state index contributed by atoms with van der Waals surface area (Å²) in [5.41, 5.74) is 2.42. The van der Waals surface area contributed by atoms with E-state index in [1.54, 1.807) is 0 Å². The van der Waals surface area contributed by atoms with Crippen molar-refractivity contribution in [2.75, 3.05) is 6.54 Å². The van der Waals surface area contributed by atoms with E-state index in [0.717, 1.165) is 18.8 Å². The van der Waals surface area contributed by atoms with E-state index in [-0.39, 0.29) is 0 Å². The molecule has 1 unspecified atom stereocenters. The molecule has 3 heteroatoms. The van der Waals surface area contributed by atoms with Gasteiger partial charge in [0.25, 0.3) is 0 Å². The minimum atomic E-state index is 0.412. The van der Waals surface area contributed by atoms with Gasteiger partial charge >= 0.3 is 0 Å². The van der Waals surface area contributed by atoms with E-state index in [9.17, 15) is 0 Å². The van der Waals surface area contributed by atoms with Gasteiger partial charge in [-0.25, -0.2) is 0 Å². The van der Waals surface area contributed by atoms with Crippen molar-refractivity contribution >= 4 is 0 Å². The van der Waals surface area contributed by atoms with Crippen molar-refractivity contribution in [1.82, 2.24) is 14.9 Å². The fraction of sp³-hybridized carbons (Fsp3) is 0.400. The second-order valence-corrected chi connectivity index (χ2v) is 4.61. The molecule has 0 aliphatic rings. The van der Waals surface area contributed by atoms with Crippen molar-refractivity contribution in [2.45, 2.75) is 32.9 Å². The molecule has 0 fully saturated rings. The van der Waals surface area contributed by atoms with Crippen LogP contribution in [0.5, 0.6) is 0 Å². The molecular weight excluding hydrogens is 222 g/mol. The Labute approximate surface area is 109 Å². The molecule has 3 nitrogen and oxygen atoms in total. The van der Waals surface area contributed by atoms with Gasteiger partial charge in [-0.3, -0.25) is 4.98 Å². The molecule has 0 aliphatic carbocycles. The highest BCUT2D eigenvalue weighted by atomic mass is 15.0. The van der Waals surface area contributed by atoms with Crippen molar-refractivity contribution < 1.29 is 0 Å². The molecule has 0 radical (unpaired) electrons. The zero-order valence-corrected chi connectivity index (χ0v) is 11.1. The third-order valence-electron chi connectivity index (χ3n) is 3.04. The van der Waals surface area contributed by atoms with Crippen molar-refractivity contribution in [3.8, 4) is 0 Å². The van der Waals surface area contributed by atoms with Crippen LogP contribution in [0.2, 0.25) is 0 Å². The minimum absolute atomic E-state index is 0.412. The highest BCUT2D eigenvalue weighted by molar-refractivity contribution is 5.16. The summed E-state index contributed by atoms with van der Waals surface area (Å²) in [7, 11) is 0. The molecule has 2 rings (SSSR count). The maximum Gasteiger partial charge on any atom is 0.0642 e. The fourth-order valence-corrected chi connectivity index (χ4v) is 1.97. The molecular formula is C15H21N3. The summed E-state index contributed by atoms with van der Waals surface area (Å²) >= 11 is 0. The first-order valence-electron chi connectivity index (χ1n) is 6.58. The average molecular weight is 243 g/mol. The van der Waals surface area contributed by atoms with Gasteiger partial charge in [0.05, 0.1) is 12.2 Å². The minimum Gasteiger partial charge on any atom is -0.348 e. The number of rotatable bonds is 6. The summed E-state index contributed by atoms with van der Waals surface area (Å²) in [4.78, 5) is 4.34. The van der Waals surface area contributed by atoms with Gasteiger partial charge in [0, 0.05) is 24.6 Å². The summed E-state index contributed by atoms with van der Waals surface area (Å²) in [5.74, 6) is 0. The topological polar surface area (TPSA) is 29.9 Å². The zero-order valence-electron chi connectivity index (χ0n) is 11.1. The lowest BCUT2D eigenvalue weighted by molar-refractivity contribution is 0.569. The lowest BCUT2D eigenvalue weighted by Gasteiger charge is -2.11. The van der Waals surface area contributed by atoms with Crippen LogP contribution in [-0.2, 0) is 6.54 Å². The molecule has 0 amide bonds. The predicted molar refractivity (Wildman–Crippen MR) is 74.5 cm³/mol. The fourth-order valence-electron chi connectivity index (χ4n) is 1.97. The summed E-state index contributed by atoms with van der Waals surface area (Å²) in [6.07, 6.45) is 7.32. The summed E-state index contributed by atoms with van der Waals surface area (Å²) < 4.78 is 2.18. The Hall–Kier alpha value is -1.61. The van der Waals surface area contributed by atoms with Crippen molar-refractivity contribution in [1.29, 1.82) is 0 Å². The Morgan fingerprint density at radius 1 is 1.33 bits per heavy atom. The van der Waals surface area contributed by atoms with E-state index in [0.29, 0.717) is 6.04 Å². The Morgan fingerprint density at radius 3 is 2.94 bits per heavy atom. The summed E-state index contributed by atoms with van der Waals surface area (Å²) in [6.45, 7) is 6.29. The van der Waals surface area contributed by atoms with Gasteiger partial charge in [-0.15, -0.1) is 0 Å². The Kier molecular flexibility index (Phi) is 4.53. The monoisotopic (exact) mass is 243 g/mol. The molecule has 2 heterocycles. The molecule has 0 spiro atoms. The highest BCUT2D eigenvalue weighted by Crippen LogP contribution is 2.13. The van der Waals surface area contributed by atoms with Crippen molar-refractivity contribution in [3.63, 3.8) is 0 Å². The third kappa shape index (κ3) is 3.44. The van der Waals surface area contributed by atoms with Crippen LogP contribution in [0.25, 0.3) is 0 Å². The highest BCUT2D eigenvalue weighted by Gasteiger charge is 2.06. The van der Waals surface area contributed by atoms with Gasteiger partial charge in [0.1, 0.15) is 0 Å². The second kappa shape index (κ2) is 6.36. The lowest BCUT2D eigenvalue weighted by Crippen LogP contribution is -2.18. The second-order valence-electron chi connectivity index (χ2n) is 4.61. The normalized spacial score (nSPS) is 12.6. The van der Waals surface area contributed by atoms with Crippen LogP contribution in [0, 0.1) is 0 Å². The smallest absolute Gasteiger partial charge is 0.0642 e. The maximum atomic E-state index is 4.34. The molecule has 96 valence electrons. The number of aromatic nitrogens is 2. The van der Waals surface area contributed by atoms with Gasteiger partial charge in [-0.1, -0.05) is 13.0 Å². The van der Waals surface area contributed by atoms with Crippen LogP contribution < -0.4 is 5.32 Å². The van der Waals surface area contributed by atoms with Gasteiger partial charge in [0.15, 0.2) is 0 Å². The standard InChI is InChI=1S/C15H21N3/c1-3-8-16-13(2)14-7-10-18(11-14)12-15-6-4-5-9-17-15/h4-7,9-11,13,16H,3,8,12H2,1-2H3. The van der Waals surface area contributed by atoms with E-state index in [2.05, 4.69) is 53.2 Å². The quantitative estimate of drug-likeness (QED) is 0.845. The SMILES string of the molecule is CCCNC(C)c1ccn(Cc2ccccn2)c1. The average Bonchev–Trinajstić information content (AvgIpc) is 2.86. The van der Waals surface area contributed by atoms with E-state index < -0.39 is 0 Å². The van der Waals surface area contributed by atoms with Crippen molar-refractivity contribution in [2.24, 2.45) is 0 Å². The number of nitrogens with one attached hydrogen (secondary N) is 1. The van der Waals surface area contributed by atoms with Gasteiger partial charge in [-0.05, 0) is 43.7 Å². The summed E-state index contributed by atoms with van der Waals surface area (Å²) in [5, 5.41) is 3.50. The number of nitrogens with zero attached hydrogens (tertiary/aromatic N) is 2. The van der Waals surface area contributed by atoms with E-state index in [4.69, 9.17) is 0 Å². The first-order chi connectivity index (χ1) is 8.79. The van der Waals surface area contributed by atoms with E-state index in [1.807, 2.05) is 18.3 Å². The Bertz CT molecular complexity index is 462. The largest absolute Gasteiger partial charge is 0.348 e. The molecule has 0 aromatic carbocycles. The first-order valence-corrected chi connectivity index (χ1v) is 6.58. The third-order valence-corrected chi connectivity index (χ3v) is 3.04. The van der Waals surface area contributed by atoms with E-state index in [1.165, 1.54) is 12.0 Å². The zero-order chi connectivity index (χ0) is 12.8. The number of hydrogen-bond acceptors (Lipinski definition) is 2. The first kappa shape index (κ1) is 12.8. The molecule has 1 N–H and O–H groups in total. The number of pyridine rings is 1. The van der Waals surface area contributed by atoms with Crippen LogP contribution in [0.15, 0.2) is 42.9 Å². The number of hydrogen-bond donors (Lipinski definition) is 1. The molecule has 0 aliphatic heterocycles. The van der Waals surface area contributed by atoms with Gasteiger partial charge in [0.2, 0.25) is 0 Å². The molecule has 0 saturated heterocycles.